The summed E-state index contributed by atoms with van der Waals surface area (Å²) in [6.07, 6.45) is 2.21. The number of benzene rings is 2. The highest BCUT2D eigenvalue weighted by Crippen LogP contribution is 2.59. The Morgan fingerprint density at radius 2 is 1.40 bits per heavy atom. The van der Waals surface area contributed by atoms with E-state index in [9.17, 15) is 4.79 Å². The Balaban J connectivity index is 1.90. The fourth-order valence-corrected chi connectivity index (χ4v) is 5.20. The molecule has 2 aromatic rings. The first-order chi connectivity index (χ1) is 12.1. The van der Waals surface area contributed by atoms with Gasteiger partial charge in [0.05, 0.1) is 5.92 Å². The van der Waals surface area contributed by atoms with Gasteiger partial charge in [-0.15, -0.1) is 0 Å². The summed E-state index contributed by atoms with van der Waals surface area (Å²) in [5.41, 5.74) is 5.61. The van der Waals surface area contributed by atoms with Crippen molar-refractivity contribution in [3.05, 3.63) is 70.8 Å². The normalized spacial score (nSPS) is 26.2. The molecule has 0 fully saturated rings. The van der Waals surface area contributed by atoms with Crippen molar-refractivity contribution in [2.45, 2.75) is 51.5 Å². The Hall–Kier alpha value is -2.09. The lowest BCUT2D eigenvalue weighted by atomic mass is 9.53. The zero-order valence-corrected chi connectivity index (χ0v) is 15.3. The standard InChI is InChI=1S/C23H27NO/c1-4-9-19-20-15-10-5-7-12-17(15)21(18-13-8-6-11-16(18)20)22(19)23(25)24-14(2)3/h5-8,10-14,19-22H,4,9H2,1-3H3,(H,24,25)/t19-,20?,21?,22+/m1/s1. The van der Waals surface area contributed by atoms with Crippen LogP contribution in [-0.4, -0.2) is 11.9 Å². The van der Waals surface area contributed by atoms with Crippen LogP contribution in [0.5, 0.6) is 0 Å². The lowest BCUT2D eigenvalue weighted by Crippen LogP contribution is -2.48. The molecule has 2 heteroatoms. The third-order valence-electron chi connectivity index (χ3n) is 5.94. The van der Waals surface area contributed by atoms with Crippen LogP contribution < -0.4 is 5.32 Å². The third kappa shape index (κ3) is 2.50. The maximum Gasteiger partial charge on any atom is 0.224 e. The molecule has 25 heavy (non-hydrogen) atoms. The molecule has 0 aromatic heterocycles. The van der Waals surface area contributed by atoms with Gasteiger partial charge >= 0.3 is 0 Å². The summed E-state index contributed by atoms with van der Waals surface area (Å²) in [7, 11) is 0. The zero-order valence-electron chi connectivity index (χ0n) is 15.3. The van der Waals surface area contributed by atoms with E-state index in [2.05, 4.69) is 74.6 Å². The van der Waals surface area contributed by atoms with Gasteiger partial charge in [0.2, 0.25) is 5.91 Å². The van der Waals surface area contributed by atoms with Crippen LogP contribution >= 0.6 is 0 Å². The third-order valence-corrected chi connectivity index (χ3v) is 5.94. The van der Waals surface area contributed by atoms with Gasteiger partial charge in [0.15, 0.2) is 0 Å². The van der Waals surface area contributed by atoms with E-state index in [1.807, 2.05) is 0 Å². The topological polar surface area (TPSA) is 29.1 Å². The molecule has 3 aliphatic rings. The van der Waals surface area contributed by atoms with Crippen molar-refractivity contribution in [1.82, 2.24) is 5.32 Å². The van der Waals surface area contributed by atoms with Gasteiger partial charge in [-0.05, 0) is 48.4 Å². The summed E-state index contributed by atoms with van der Waals surface area (Å²) in [5, 5.41) is 3.21. The lowest BCUT2D eigenvalue weighted by molar-refractivity contribution is -0.128. The lowest BCUT2D eigenvalue weighted by Gasteiger charge is -2.50. The first-order valence-corrected chi connectivity index (χ1v) is 9.61. The SMILES string of the molecule is CCC[C@@H]1C2c3ccccc3C(c3ccccc32)[C@H]1C(=O)NC(C)C. The van der Waals surface area contributed by atoms with Crippen LogP contribution in [0.1, 0.15) is 67.7 Å². The Bertz CT molecular complexity index is 747. The number of rotatable bonds is 4. The van der Waals surface area contributed by atoms with Crippen molar-refractivity contribution >= 4 is 5.91 Å². The van der Waals surface area contributed by atoms with Crippen LogP contribution in [0.25, 0.3) is 0 Å². The van der Waals surface area contributed by atoms with Gasteiger partial charge in [-0.1, -0.05) is 61.9 Å². The number of amides is 1. The molecule has 2 aromatic carbocycles. The Kier molecular flexibility index (Phi) is 4.15. The first-order valence-electron chi connectivity index (χ1n) is 9.61. The molecule has 0 heterocycles. The molecule has 0 saturated heterocycles. The molecule has 0 unspecified atom stereocenters. The second-order valence-corrected chi connectivity index (χ2v) is 7.85. The van der Waals surface area contributed by atoms with E-state index in [1.165, 1.54) is 22.3 Å². The second-order valence-electron chi connectivity index (χ2n) is 7.85. The smallest absolute Gasteiger partial charge is 0.224 e. The van der Waals surface area contributed by atoms with Gasteiger partial charge < -0.3 is 5.32 Å². The number of carbonyl (C=O) groups is 1. The molecular weight excluding hydrogens is 306 g/mol. The van der Waals surface area contributed by atoms with Crippen LogP contribution in [-0.2, 0) is 4.79 Å². The molecule has 0 radical (unpaired) electrons. The maximum absolute atomic E-state index is 13.2. The number of hydrogen-bond donors (Lipinski definition) is 1. The van der Waals surface area contributed by atoms with Crippen LogP contribution in [0.2, 0.25) is 0 Å². The van der Waals surface area contributed by atoms with Gasteiger partial charge in [0, 0.05) is 17.9 Å². The van der Waals surface area contributed by atoms with Crippen LogP contribution in [0.4, 0.5) is 0 Å². The quantitative estimate of drug-likeness (QED) is 0.853. The Morgan fingerprint density at radius 1 is 0.920 bits per heavy atom. The van der Waals surface area contributed by atoms with Gasteiger partial charge in [-0.2, -0.15) is 0 Å². The number of carbonyl (C=O) groups excluding carboxylic acids is 1. The monoisotopic (exact) mass is 333 g/mol. The summed E-state index contributed by atoms with van der Waals surface area (Å²) in [5.74, 6) is 1.19. The van der Waals surface area contributed by atoms with Crippen LogP contribution in [0.15, 0.2) is 48.5 Å². The van der Waals surface area contributed by atoms with E-state index < -0.39 is 0 Å². The van der Waals surface area contributed by atoms with Gasteiger partial charge in [0.1, 0.15) is 0 Å². The minimum atomic E-state index is 0.0390. The molecule has 5 rings (SSSR count). The fraction of sp³-hybridized carbons (Fsp3) is 0.435. The Morgan fingerprint density at radius 3 is 1.84 bits per heavy atom. The van der Waals surface area contributed by atoms with Crippen molar-refractivity contribution in [2.24, 2.45) is 11.8 Å². The van der Waals surface area contributed by atoms with E-state index in [0.717, 1.165) is 12.8 Å². The van der Waals surface area contributed by atoms with Crippen LogP contribution in [0.3, 0.4) is 0 Å². The van der Waals surface area contributed by atoms with Crippen molar-refractivity contribution in [3.63, 3.8) is 0 Å². The Labute approximate surface area is 150 Å². The van der Waals surface area contributed by atoms with Crippen molar-refractivity contribution in [1.29, 1.82) is 0 Å². The second kappa shape index (κ2) is 6.33. The molecule has 2 atom stereocenters. The summed E-state index contributed by atoms with van der Waals surface area (Å²) >= 11 is 0. The molecule has 2 nitrogen and oxygen atoms in total. The van der Waals surface area contributed by atoms with E-state index in [1.54, 1.807) is 0 Å². The molecule has 0 spiro atoms. The number of hydrogen-bond acceptors (Lipinski definition) is 1. The maximum atomic E-state index is 13.2. The summed E-state index contributed by atoms with van der Waals surface area (Å²) in [4.78, 5) is 13.2. The molecular formula is C23H27NO. The van der Waals surface area contributed by atoms with Gasteiger partial charge in [-0.25, -0.2) is 0 Å². The van der Waals surface area contributed by atoms with E-state index in [4.69, 9.17) is 0 Å². The molecule has 0 saturated carbocycles. The van der Waals surface area contributed by atoms with Gasteiger partial charge in [0.25, 0.3) is 0 Å². The highest BCUT2D eigenvalue weighted by molar-refractivity contribution is 5.83. The number of fused-ring (bicyclic) bond motifs is 1. The first kappa shape index (κ1) is 16.4. The molecule has 3 aliphatic carbocycles. The van der Waals surface area contributed by atoms with Gasteiger partial charge in [-0.3, -0.25) is 4.79 Å². The predicted octanol–water partition coefficient (Wildman–Crippen LogP) is 4.83. The van der Waals surface area contributed by atoms with Crippen LogP contribution in [0, 0.1) is 11.8 Å². The highest BCUT2D eigenvalue weighted by atomic mass is 16.2. The number of nitrogens with one attached hydrogen (secondary N) is 1. The summed E-state index contributed by atoms with van der Waals surface area (Å²) in [6.45, 7) is 6.34. The molecule has 1 N–H and O–H groups in total. The average Bonchev–Trinajstić information content (AvgIpc) is 2.61. The van der Waals surface area contributed by atoms with E-state index in [-0.39, 0.29) is 23.8 Å². The zero-order chi connectivity index (χ0) is 17.6. The summed E-state index contributed by atoms with van der Waals surface area (Å²) in [6, 6.07) is 17.7. The largest absolute Gasteiger partial charge is 0.354 e. The molecule has 130 valence electrons. The highest BCUT2D eigenvalue weighted by Gasteiger charge is 2.51. The van der Waals surface area contributed by atoms with Crippen molar-refractivity contribution < 1.29 is 4.79 Å². The minimum absolute atomic E-state index is 0.0390. The van der Waals surface area contributed by atoms with Crippen molar-refractivity contribution in [2.75, 3.05) is 0 Å². The van der Waals surface area contributed by atoms with E-state index in [0.29, 0.717) is 11.8 Å². The summed E-state index contributed by atoms with van der Waals surface area (Å²) < 4.78 is 0. The predicted molar refractivity (Wildman–Crippen MR) is 102 cm³/mol. The van der Waals surface area contributed by atoms with Crippen molar-refractivity contribution in [3.8, 4) is 0 Å². The molecule has 2 bridgehead atoms. The molecule has 0 aliphatic heterocycles. The fourth-order valence-electron chi connectivity index (χ4n) is 5.20. The minimum Gasteiger partial charge on any atom is -0.354 e. The van der Waals surface area contributed by atoms with E-state index >= 15 is 0 Å². The average molecular weight is 333 g/mol. The molecule has 1 amide bonds.